The third kappa shape index (κ3) is 4.03. The lowest BCUT2D eigenvalue weighted by Gasteiger charge is -2.29. The first-order chi connectivity index (χ1) is 9.58. The predicted molar refractivity (Wildman–Crippen MR) is 83.6 cm³/mol. The van der Waals surface area contributed by atoms with Gasteiger partial charge in [-0.2, -0.15) is 0 Å². The first-order valence-corrected chi connectivity index (χ1v) is 8.00. The molecular formula is C15H21BrN2O2. The first kappa shape index (κ1) is 15.4. The summed E-state index contributed by atoms with van der Waals surface area (Å²) in [5.41, 5.74) is 1.19. The van der Waals surface area contributed by atoms with Crippen LogP contribution in [0, 0.1) is 22.0 Å². The average Bonchev–Trinajstić information content (AvgIpc) is 2.42. The molecule has 20 heavy (non-hydrogen) atoms. The van der Waals surface area contributed by atoms with Crippen LogP contribution in [0.15, 0.2) is 22.7 Å². The third-order valence-corrected chi connectivity index (χ3v) is 5.00. The van der Waals surface area contributed by atoms with Crippen molar-refractivity contribution < 1.29 is 4.92 Å². The number of rotatable bonds is 5. The van der Waals surface area contributed by atoms with Crippen LogP contribution in [0.3, 0.4) is 0 Å². The third-order valence-electron chi connectivity index (χ3n) is 4.26. The van der Waals surface area contributed by atoms with E-state index in [0.717, 1.165) is 35.0 Å². The minimum absolute atomic E-state index is 0.126. The molecule has 0 saturated heterocycles. The smallest absolute Gasteiger partial charge is 0.270 e. The van der Waals surface area contributed by atoms with Crippen LogP contribution < -0.4 is 5.32 Å². The predicted octanol–water partition coefficient (Wildman–Crippen LogP) is 4.27. The zero-order valence-corrected chi connectivity index (χ0v) is 13.4. The Bertz CT molecular complexity index is 479. The molecule has 0 radical (unpaired) electrons. The number of nitrogens with zero attached hydrogens (tertiary/aromatic N) is 1. The summed E-state index contributed by atoms with van der Waals surface area (Å²) in [5.74, 6) is 1.57. The fourth-order valence-corrected chi connectivity index (χ4v) is 3.39. The van der Waals surface area contributed by atoms with E-state index in [0.29, 0.717) is 0 Å². The summed E-state index contributed by atoms with van der Waals surface area (Å²) < 4.78 is 0.802. The molecule has 1 aromatic carbocycles. The van der Waals surface area contributed by atoms with Crippen molar-refractivity contribution in [3.63, 3.8) is 0 Å². The van der Waals surface area contributed by atoms with Crippen molar-refractivity contribution in [1.29, 1.82) is 0 Å². The Morgan fingerprint density at radius 3 is 2.80 bits per heavy atom. The summed E-state index contributed by atoms with van der Waals surface area (Å²) >= 11 is 3.41. The summed E-state index contributed by atoms with van der Waals surface area (Å²) in [6.07, 6.45) is 5.37. The SMILES string of the molecule is CC1CCCCC1CNCc1ccc([N+](=O)[O-])cc1Br. The minimum atomic E-state index is -0.369. The summed E-state index contributed by atoms with van der Waals surface area (Å²) in [6, 6.07) is 4.95. The Morgan fingerprint density at radius 2 is 2.15 bits per heavy atom. The highest BCUT2D eigenvalue weighted by atomic mass is 79.9. The normalized spacial score (nSPS) is 22.7. The molecule has 1 saturated carbocycles. The molecule has 4 nitrogen and oxygen atoms in total. The monoisotopic (exact) mass is 340 g/mol. The molecule has 0 amide bonds. The molecule has 0 heterocycles. The van der Waals surface area contributed by atoms with Gasteiger partial charge in [0.25, 0.3) is 5.69 Å². The van der Waals surface area contributed by atoms with Crippen LogP contribution in [-0.2, 0) is 6.54 Å². The number of benzene rings is 1. The molecule has 1 aliphatic carbocycles. The molecule has 2 atom stereocenters. The second-order valence-electron chi connectivity index (χ2n) is 5.69. The highest BCUT2D eigenvalue weighted by Crippen LogP contribution is 2.29. The molecule has 0 aliphatic heterocycles. The van der Waals surface area contributed by atoms with Crippen LogP contribution in [-0.4, -0.2) is 11.5 Å². The molecule has 5 heteroatoms. The van der Waals surface area contributed by atoms with E-state index in [-0.39, 0.29) is 10.6 Å². The number of nitro benzene ring substituents is 1. The van der Waals surface area contributed by atoms with Crippen molar-refractivity contribution in [2.45, 2.75) is 39.2 Å². The average molecular weight is 341 g/mol. The molecular weight excluding hydrogens is 320 g/mol. The van der Waals surface area contributed by atoms with Crippen LogP contribution in [0.2, 0.25) is 0 Å². The molecule has 0 spiro atoms. The second-order valence-corrected chi connectivity index (χ2v) is 6.54. The summed E-state index contributed by atoms with van der Waals surface area (Å²) in [5, 5.41) is 14.2. The maximum Gasteiger partial charge on any atom is 0.270 e. The van der Waals surface area contributed by atoms with Gasteiger partial charge in [0.1, 0.15) is 0 Å². The zero-order chi connectivity index (χ0) is 14.5. The molecule has 0 aromatic heterocycles. The standard InChI is InChI=1S/C15H21BrN2O2/c1-11-4-2-3-5-12(11)9-17-10-13-6-7-14(18(19)20)8-15(13)16/h6-8,11-12,17H,2-5,9-10H2,1H3. The van der Waals surface area contributed by atoms with Gasteiger partial charge in [-0.05, 0) is 36.4 Å². The molecule has 2 unspecified atom stereocenters. The van der Waals surface area contributed by atoms with E-state index in [2.05, 4.69) is 28.2 Å². The van der Waals surface area contributed by atoms with E-state index in [9.17, 15) is 10.1 Å². The number of hydrogen-bond donors (Lipinski definition) is 1. The van der Waals surface area contributed by atoms with Crippen molar-refractivity contribution in [1.82, 2.24) is 5.32 Å². The maximum absolute atomic E-state index is 10.7. The lowest BCUT2D eigenvalue weighted by atomic mass is 9.80. The Morgan fingerprint density at radius 1 is 1.40 bits per heavy atom. The number of nitro groups is 1. The van der Waals surface area contributed by atoms with Crippen LogP contribution in [0.4, 0.5) is 5.69 Å². The van der Waals surface area contributed by atoms with E-state index in [1.807, 2.05) is 6.07 Å². The van der Waals surface area contributed by atoms with Gasteiger partial charge < -0.3 is 5.32 Å². The summed E-state index contributed by atoms with van der Waals surface area (Å²) in [7, 11) is 0. The van der Waals surface area contributed by atoms with Gasteiger partial charge in [0.2, 0.25) is 0 Å². The van der Waals surface area contributed by atoms with E-state index in [1.54, 1.807) is 12.1 Å². The van der Waals surface area contributed by atoms with E-state index >= 15 is 0 Å². The van der Waals surface area contributed by atoms with Gasteiger partial charge in [0, 0.05) is 23.2 Å². The molecule has 1 aromatic rings. The summed E-state index contributed by atoms with van der Waals surface area (Å²) in [4.78, 5) is 10.3. The fraction of sp³-hybridized carbons (Fsp3) is 0.600. The van der Waals surface area contributed by atoms with Gasteiger partial charge in [-0.3, -0.25) is 10.1 Å². The van der Waals surface area contributed by atoms with Crippen molar-refractivity contribution in [2.24, 2.45) is 11.8 Å². The van der Waals surface area contributed by atoms with Gasteiger partial charge in [0.05, 0.1) is 4.92 Å². The number of nitrogens with one attached hydrogen (secondary N) is 1. The lowest BCUT2D eigenvalue weighted by molar-refractivity contribution is -0.384. The topological polar surface area (TPSA) is 55.2 Å². The molecule has 2 rings (SSSR count). The maximum atomic E-state index is 10.7. The molecule has 110 valence electrons. The molecule has 1 fully saturated rings. The Labute approximate surface area is 128 Å². The van der Waals surface area contributed by atoms with Crippen molar-refractivity contribution >= 4 is 21.6 Å². The van der Waals surface area contributed by atoms with Gasteiger partial charge in [-0.15, -0.1) is 0 Å². The molecule has 0 bridgehead atoms. The minimum Gasteiger partial charge on any atom is -0.312 e. The van der Waals surface area contributed by atoms with Gasteiger partial charge in [-0.1, -0.05) is 42.1 Å². The Balaban J connectivity index is 1.86. The van der Waals surface area contributed by atoms with Crippen molar-refractivity contribution in [2.75, 3.05) is 6.54 Å². The Hall–Kier alpha value is -0.940. The van der Waals surface area contributed by atoms with Crippen molar-refractivity contribution in [3.8, 4) is 0 Å². The van der Waals surface area contributed by atoms with Crippen LogP contribution in [0.5, 0.6) is 0 Å². The summed E-state index contributed by atoms with van der Waals surface area (Å²) in [6.45, 7) is 4.12. The zero-order valence-electron chi connectivity index (χ0n) is 11.8. The number of hydrogen-bond acceptors (Lipinski definition) is 3. The quantitative estimate of drug-likeness (QED) is 0.643. The van der Waals surface area contributed by atoms with E-state index in [4.69, 9.17) is 0 Å². The second kappa shape index (κ2) is 7.18. The van der Waals surface area contributed by atoms with E-state index in [1.165, 1.54) is 25.7 Å². The van der Waals surface area contributed by atoms with E-state index < -0.39 is 0 Å². The lowest BCUT2D eigenvalue weighted by Crippen LogP contribution is -2.29. The highest BCUT2D eigenvalue weighted by Gasteiger charge is 2.20. The number of halogens is 1. The van der Waals surface area contributed by atoms with Gasteiger partial charge in [-0.25, -0.2) is 0 Å². The van der Waals surface area contributed by atoms with Crippen LogP contribution >= 0.6 is 15.9 Å². The fourth-order valence-electron chi connectivity index (χ4n) is 2.88. The van der Waals surface area contributed by atoms with Crippen molar-refractivity contribution in [3.05, 3.63) is 38.3 Å². The molecule has 1 N–H and O–H groups in total. The highest BCUT2D eigenvalue weighted by molar-refractivity contribution is 9.10. The van der Waals surface area contributed by atoms with Crippen LogP contribution in [0.1, 0.15) is 38.2 Å². The van der Waals surface area contributed by atoms with Gasteiger partial charge >= 0.3 is 0 Å². The van der Waals surface area contributed by atoms with Crippen LogP contribution in [0.25, 0.3) is 0 Å². The number of non-ortho nitro benzene ring substituents is 1. The molecule has 1 aliphatic rings. The first-order valence-electron chi connectivity index (χ1n) is 7.21. The Kier molecular flexibility index (Phi) is 5.54. The van der Waals surface area contributed by atoms with Gasteiger partial charge in [0.15, 0.2) is 0 Å². The largest absolute Gasteiger partial charge is 0.312 e.